The van der Waals surface area contributed by atoms with Crippen molar-refractivity contribution < 1.29 is 26.7 Å². The summed E-state index contributed by atoms with van der Waals surface area (Å²) < 4.78 is 67.5. The van der Waals surface area contributed by atoms with Crippen LogP contribution in [0.3, 0.4) is 0 Å². The maximum atomic E-state index is 12.9. The molecule has 1 unspecified atom stereocenters. The molecule has 0 bridgehead atoms. The van der Waals surface area contributed by atoms with Gasteiger partial charge in [0.25, 0.3) is 0 Å². The molecule has 10 heteroatoms. The van der Waals surface area contributed by atoms with Gasteiger partial charge in [0.15, 0.2) is 0 Å². The van der Waals surface area contributed by atoms with Crippen molar-refractivity contribution in [2.45, 2.75) is 38.2 Å². The van der Waals surface area contributed by atoms with Crippen LogP contribution >= 0.6 is 0 Å². The first-order valence-electron chi connectivity index (χ1n) is 9.10. The molecular formula is C19H21F5N4O. The number of likely N-dealkylation sites (tertiary alicyclic amines) is 1. The highest BCUT2D eigenvalue weighted by Gasteiger charge is 2.34. The van der Waals surface area contributed by atoms with Crippen molar-refractivity contribution >= 4 is 5.82 Å². The van der Waals surface area contributed by atoms with Gasteiger partial charge in [-0.2, -0.15) is 22.0 Å². The van der Waals surface area contributed by atoms with E-state index in [4.69, 9.17) is 0 Å². The van der Waals surface area contributed by atoms with Gasteiger partial charge in [-0.3, -0.25) is 4.90 Å². The number of aromatic nitrogens is 2. The Kier molecular flexibility index (Phi) is 6.51. The monoisotopic (exact) mass is 416 g/mol. The van der Waals surface area contributed by atoms with Crippen LogP contribution in [-0.4, -0.2) is 47.7 Å². The molecule has 0 spiro atoms. The summed E-state index contributed by atoms with van der Waals surface area (Å²) in [5.41, 5.74) is -0.0237. The number of halogens is 5. The molecule has 1 aromatic heterocycles. The van der Waals surface area contributed by atoms with Crippen LogP contribution in [0.25, 0.3) is 0 Å². The van der Waals surface area contributed by atoms with Gasteiger partial charge in [0.1, 0.15) is 23.6 Å². The van der Waals surface area contributed by atoms with E-state index in [1.54, 1.807) is 24.1 Å². The Balaban J connectivity index is 1.63. The average Bonchev–Trinajstić information content (AvgIpc) is 2.68. The van der Waals surface area contributed by atoms with E-state index in [2.05, 4.69) is 19.6 Å². The molecular weight excluding hydrogens is 395 g/mol. The third-order valence-corrected chi connectivity index (χ3v) is 4.89. The highest BCUT2D eigenvalue weighted by atomic mass is 19.4. The first kappa shape index (κ1) is 21.2. The summed E-state index contributed by atoms with van der Waals surface area (Å²) in [6.45, 7) is -0.760. The van der Waals surface area contributed by atoms with Crippen LogP contribution in [0, 0.1) is 0 Å². The van der Waals surface area contributed by atoms with Gasteiger partial charge in [0, 0.05) is 32.2 Å². The van der Waals surface area contributed by atoms with E-state index in [0.29, 0.717) is 13.1 Å². The Morgan fingerprint density at radius 2 is 1.93 bits per heavy atom. The number of rotatable bonds is 6. The molecule has 0 amide bonds. The molecule has 29 heavy (non-hydrogen) atoms. The Bertz CT molecular complexity index is 800. The van der Waals surface area contributed by atoms with Crippen LogP contribution in [0.1, 0.15) is 24.1 Å². The number of piperidine rings is 1. The van der Waals surface area contributed by atoms with Crippen LogP contribution < -0.4 is 9.64 Å². The molecule has 0 saturated carbocycles. The normalized spacial score (nSPS) is 18.1. The molecule has 2 heterocycles. The fourth-order valence-electron chi connectivity index (χ4n) is 3.41. The highest BCUT2D eigenvalue weighted by Crippen LogP contribution is 2.30. The number of likely N-dealkylation sites (N-methyl/N-ethyl adjacent to an activating group) is 1. The SMILES string of the molecule is CN(c1cc(C(F)(F)F)ncn1)C1CCCN(Cc2ccc(OC(F)F)cc2)C1. The van der Waals surface area contributed by atoms with Crippen LogP contribution in [0.4, 0.5) is 27.8 Å². The summed E-state index contributed by atoms with van der Waals surface area (Å²) in [5.74, 6) is 0.330. The van der Waals surface area contributed by atoms with Crippen LogP contribution in [-0.2, 0) is 12.7 Å². The smallest absolute Gasteiger partial charge is 0.433 e. The van der Waals surface area contributed by atoms with Gasteiger partial charge in [-0.1, -0.05) is 12.1 Å². The molecule has 1 saturated heterocycles. The van der Waals surface area contributed by atoms with Gasteiger partial charge < -0.3 is 9.64 Å². The summed E-state index contributed by atoms with van der Waals surface area (Å²) in [6, 6.07) is 7.40. The number of anilines is 1. The predicted octanol–water partition coefficient (Wildman–Crippen LogP) is 4.20. The largest absolute Gasteiger partial charge is 0.435 e. The quantitative estimate of drug-likeness (QED) is 0.661. The molecule has 2 aromatic rings. The van der Waals surface area contributed by atoms with Crippen LogP contribution in [0.15, 0.2) is 36.7 Å². The summed E-state index contributed by atoms with van der Waals surface area (Å²) in [5, 5.41) is 0. The van der Waals surface area contributed by atoms with Crippen molar-refractivity contribution in [2.24, 2.45) is 0 Å². The van der Waals surface area contributed by atoms with E-state index >= 15 is 0 Å². The van der Waals surface area contributed by atoms with E-state index in [9.17, 15) is 22.0 Å². The number of hydrogen-bond acceptors (Lipinski definition) is 5. The lowest BCUT2D eigenvalue weighted by Crippen LogP contribution is -2.46. The summed E-state index contributed by atoms with van der Waals surface area (Å²) in [6.07, 6.45) is -1.87. The maximum absolute atomic E-state index is 12.9. The zero-order valence-electron chi connectivity index (χ0n) is 15.7. The zero-order chi connectivity index (χ0) is 21.0. The van der Waals surface area contributed by atoms with E-state index < -0.39 is 18.5 Å². The van der Waals surface area contributed by atoms with Gasteiger partial charge in [-0.25, -0.2) is 9.97 Å². The van der Waals surface area contributed by atoms with Crippen molar-refractivity contribution in [3.8, 4) is 5.75 Å². The molecule has 1 aromatic carbocycles. The number of benzene rings is 1. The maximum Gasteiger partial charge on any atom is 0.433 e. The molecule has 158 valence electrons. The van der Waals surface area contributed by atoms with Crippen molar-refractivity contribution in [3.63, 3.8) is 0 Å². The van der Waals surface area contributed by atoms with E-state index in [1.165, 1.54) is 12.1 Å². The minimum atomic E-state index is -4.52. The second-order valence-electron chi connectivity index (χ2n) is 6.92. The Labute approximate surface area is 165 Å². The van der Waals surface area contributed by atoms with Crippen LogP contribution in [0.2, 0.25) is 0 Å². The van der Waals surface area contributed by atoms with Crippen molar-refractivity contribution in [2.75, 3.05) is 25.0 Å². The topological polar surface area (TPSA) is 41.5 Å². The predicted molar refractivity (Wildman–Crippen MR) is 96.8 cm³/mol. The molecule has 0 radical (unpaired) electrons. The fraction of sp³-hybridized carbons (Fsp3) is 0.474. The lowest BCUT2D eigenvalue weighted by atomic mass is 10.0. The van der Waals surface area contributed by atoms with Crippen molar-refractivity contribution in [1.82, 2.24) is 14.9 Å². The fourth-order valence-corrected chi connectivity index (χ4v) is 3.41. The molecule has 1 aliphatic heterocycles. The molecule has 0 aliphatic carbocycles. The molecule has 3 rings (SSSR count). The third kappa shape index (κ3) is 5.75. The van der Waals surface area contributed by atoms with Crippen LogP contribution in [0.5, 0.6) is 5.75 Å². The zero-order valence-corrected chi connectivity index (χ0v) is 15.7. The Morgan fingerprint density at radius 3 is 2.59 bits per heavy atom. The van der Waals surface area contributed by atoms with Crippen molar-refractivity contribution in [3.05, 3.63) is 47.9 Å². The Morgan fingerprint density at radius 1 is 1.21 bits per heavy atom. The van der Waals surface area contributed by atoms with E-state index in [0.717, 1.165) is 37.3 Å². The number of ether oxygens (including phenoxy) is 1. The molecule has 5 nitrogen and oxygen atoms in total. The first-order valence-corrected chi connectivity index (χ1v) is 9.10. The third-order valence-electron chi connectivity index (χ3n) is 4.89. The minimum Gasteiger partial charge on any atom is -0.435 e. The van der Waals surface area contributed by atoms with Gasteiger partial charge in [-0.05, 0) is 37.1 Å². The number of alkyl halides is 5. The Hall–Kier alpha value is -2.49. The van der Waals surface area contributed by atoms with E-state index in [-0.39, 0.29) is 17.6 Å². The molecule has 1 atom stereocenters. The minimum absolute atomic E-state index is 0.00109. The lowest BCUT2D eigenvalue weighted by Gasteiger charge is -2.38. The average molecular weight is 416 g/mol. The molecule has 0 N–H and O–H groups in total. The second-order valence-corrected chi connectivity index (χ2v) is 6.92. The molecule has 1 fully saturated rings. The highest BCUT2D eigenvalue weighted by molar-refractivity contribution is 5.40. The van der Waals surface area contributed by atoms with Gasteiger partial charge >= 0.3 is 12.8 Å². The summed E-state index contributed by atoms with van der Waals surface area (Å²) >= 11 is 0. The lowest BCUT2D eigenvalue weighted by molar-refractivity contribution is -0.141. The summed E-state index contributed by atoms with van der Waals surface area (Å²) in [7, 11) is 1.73. The van der Waals surface area contributed by atoms with Crippen molar-refractivity contribution in [1.29, 1.82) is 0 Å². The molecule has 1 aliphatic rings. The van der Waals surface area contributed by atoms with Gasteiger partial charge in [0.2, 0.25) is 0 Å². The standard InChI is InChI=1S/C19H21F5N4O/c1-27(17-9-16(19(22,23)24)25-12-26-17)14-3-2-8-28(11-14)10-13-4-6-15(7-5-13)29-18(20)21/h4-7,9,12,14,18H,2-3,8,10-11H2,1H3. The number of nitrogens with zero attached hydrogens (tertiary/aromatic N) is 4. The number of hydrogen-bond donors (Lipinski definition) is 0. The second kappa shape index (κ2) is 8.89. The van der Waals surface area contributed by atoms with Gasteiger partial charge in [0.05, 0.1) is 0 Å². The summed E-state index contributed by atoms with van der Waals surface area (Å²) in [4.78, 5) is 11.2. The first-order chi connectivity index (χ1) is 13.7. The van der Waals surface area contributed by atoms with E-state index in [1.807, 2.05) is 0 Å². The van der Waals surface area contributed by atoms with Gasteiger partial charge in [-0.15, -0.1) is 0 Å².